The highest BCUT2D eigenvalue weighted by Gasteiger charge is 2.31. The van der Waals surface area contributed by atoms with Crippen LogP contribution in [0.3, 0.4) is 0 Å². The molecule has 2 aliphatic rings. The number of aryl methyl sites for hydroxylation is 1. The van der Waals surface area contributed by atoms with E-state index in [-0.39, 0.29) is 5.56 Å². The monoisotopic (exact) mass is 288 g/mol. The second kappa shape index (κ2) is 4.92. The Hall–Kier alpha value is -1.73. The normalized spacial score (nSPS) is 21.2. The lowest BCUT2D eigenvalue weighted by Gasteiger charge is -2.34. The molecule has 0 radical (unpaired) electrons. The predicted octanol–water partition coefficient (Wildman–Crippen LogP) is -0.0634. The Morgan fingerprint density at radius 1 is 1.29 bits per heavy atom. The van der Waals surface area contributed by atoms with E-state index in [1.807, 2.05) is 7.05 Å². The topological polar surface area (TPSA) is 70.1 Å². The summed E-state index contributed by atoms with van der Waals surface area (Å²) < 4.78 is 1.65. The van der Waals surface area contributed by atoms with E-state index in [1.165, 1.54) is 12.8 Å². The molecular formula is C14H20N6O. The fourth-order valence-corrected chi connectivity index (χ4v) is 3.09. The lowest BCUT2D eigenvalue weighted by Crippen LogP contribution is -2.46. The first kappa shape index (κ1) is 13.0. The molecule has 112 valence electrons. The molecule has 7 nitrogen and oxygen atoms in total. The van der Waals surface area contributed by atoms with Crippen LogP contribution in [-0.2, 0) is 13.6 Å². The summed E-state index contributed by atoms with van der Waals surface area (Å²) in [5, 5.41) is 4.65. The van der Waals surface area contributed by atoms with Crippen LogP contribution in [0.5, 0.6) is 0 Å². The zero-order chi connectivity index (χ0) is 14.4. The van der Waals surface area contributed by atoms with Gasteiger partial charge in [0.1, 0.15) is 11.2 Å². The highest BCUT2D eigenvalue weighted by molar-refractivity contribution is 5.72. The van der Waals surface area contributed by atoms with E-state index >= 15 is 0 Å². The number of aromatic nitrogens is 4. The largest absolute Gasteiger partial charge is 0.309 e. The van der Waals surface area contributed by atoms with Crippen molar-refractivity contribution in [1.29, 1.82) is 0 Å². The van der Waals surface area contributed by atoms with Gasteiger partial charge in [0, 0.05) is 39.3 Å². The lowest BCUT2D eigenvalue weighted by molar-refractivity contribution is 0.119. The van der Waals surface area contributed by atoms with Crippen LogP contribution in [0.4, 0.5) is 0 Å². The maximum atomic E-state index is 12.0. The number of hydrogen-bond donors (Lipinski definition) is 1. The number of nitrogens with one attached hydrogen (secondary N) is 1. The number of rotatable bonds is 3. The zero-order valence-electron chi connectivity index (χ0n) is 12.2. The first-order valence-corrected chi connectivity index (χ1v) is 7.58. The summed E-state index contributed by atoms with van der Waals surface area (Å²) in [6.45, 7) is 5.05. The van der Waals surface area contributed by atoms with Gasteiger partial charge in [-0.25, -0.2) is 4.98 Å². The Morgan fingerprint density at radius 2 is 2.05 bits per heavy atom. The molecule has 0 unspecified atom stereocenters. The second-order valence-electron chi connectivity index (χ2n) is 6.06. The van der Waals surface area contributed by atoms with Gasteiger partial charge in [0.2, 0.25) is 0 Å². The van der Waals surface area contributed by atoms with Crippen molar-refractivity contribution in [3.63, 3.8) is 0 Å². The third-order valence-corrected chi connectivity index (χ3v) is 4.49. The molecule has 21 heavy (non-hydrogen) atoms. The summed E-state index contributed by atoms with van der Waals surface area (Å²) >= 11 is 0. The molecule has 1 saturated heterocycles. The highest BCUT2D eigenvalue weighted by atomic mass is 16.1. The summed E-state index contributed by atoms with van der Waals surface area (Å²) in [7, 11) is 1.81. The Balaban J connectivity index is 1.49. The quantitative estimate of drug-likeness (QED) is 0.856. The molecule has 3 heterocycles. The Kier molecular flexibility index (Phi) is 3.04. The minimum Gasteiger partial charge on any atom is -0.309 e. The predicted molar refractivity (Wildman–Crippen MR) is 79.0 cm³/mol. The summed E-state index contributed by atoms with van der Waals surface area (Å²) in [4.78, 5) is 24.4. The Labute approximate surface area is 122 Å². The van der Waals surface area contributed by atoms with Gasteiger partial charge in [-0.3, -0.25) is 19.3 Å². The van der Waals surface area contributed by atoms with Gasteiger partial charge in [-0.2, -0.15) is 5.10 Å². The highest BCUT2D eigenvalue weighted by Crippen LogP contribution is 2.27. The molecule has 2 aromatic rings. The van der Waals surface area contributed by atoms with E-state index in [9.17, 15) is 4.79 Å². The molecule has 0 amide bonds. The van der Waals surface area contributed by atoms with Crippen LogP contribution in [0.2, 0.25) is 0 Å². The first-order valence-electron chi connectivity index (χ1n) is 7.58. The summed E-state index contributed by atoms with van der Waals surface area (Å²) in [5.74, 6) is 0.732. The third kappa shape index (κ3) is 2.47. The molecule has 0 bridgehead atoms. The molecule has 4 rings (SSSR count). The third-order valence-electron chi connectivity index (χ3n) is 4.49. The number of fused-ring (bicyclic) bond motifs is 1. The SMILES string of the molecule is Cn1ncc2c(=O)[nH]c(CN3CCN(C4CC4)CC3)nc21. The minimum absolute atomic E-state index is 0.0975. The van der Waals surface area contributed by atoms with Crippen molar-refractivity contribution < 1.29 is 0 Å². The van der Waals surface area contributed by atoms with Crippen molar-refractivity contribution in [3.8, 4) is 0 Å². The van der Waals surface area contributed by atoms with Crippen LogP contribution < -0.4 is 5.56 Å². The van der Waals surface area contributed by atoms with Crippen LogP contribution in [0, 0.1) is 0 Å². The van der Waals surface area contributed by atoms with Gasteiger partial charge >= 0.3 is 0 Å². The van der Waals surface area contributed by atoms with E-state index < -0.39 is 0 Å². The molecule has 7 heteroatoms. The van der Waals surface area contributed by atoms with Crippen molar-refractivity contribution in [1.82, 2.24) is 29.5 Å². The maximum absolute atomic E-state index is 12.0. The van der Waals surface area contributed by atoms with E-state index in [4.69, 9.17) is 0 Å². The van der Waals surface area contributed by atoms with Crippen molar-refractivity contribution in [2.45, 2.75) is 25.4 Å². The fourth-order valence-electron chi connectivity index (χ4n) is 3.09. The molecule has 1 aliphatic heterocycles. The molecule has 0 spiro atoms. The number of aromatic amines is 1. The Bertz CT molecular complexity index is 708. The standard InChI is InChI=1S/C14H20N6O/c1-18-13-11(8-15-18)14(21)17-12(16-13)9-19-4-6-20(7-5-19)10-2-3-10/h8,10H,2-7,9H2,1H3,(H,16,17,21). The number of hydrogen-bond acceptors (Lipinski definition) is 5. The van der Waals surface area contributed by atoms with Crippen molar-refractivity contribution >= 4 is 11.0 Å². The second-order valence-corrected chi connectivity index (χ2v) is 6.06. The lowest BCUT2D eigenvalue weighted by atomic mass is 10.3. The molecular weight excluding hydrogens is 268 g/mol. The molecule has 1 N–H and O–H groups in total. The average molecular weight is 288 g/mol. The number of H-pyrrole nitrogens is 1. The van der Waals surface area contributed by atoms with Gasteiger partial charge < -0.3 is 4.98 Å². The van der Waals surface area contributed by atoms with Crippen LogP contribution in [-0.4, -0.2) is 61.8 Å². The molecule has 1 aliphatic carbocycles. The maximum Gasteiger partial charge on any atom is 0.262 e. The van der Waals surface area contributed by atoms with Gasteiger partial charge in [0.15, 0.2) is 5.65 Å². The molecule has 2 fully saturated rings. The van der Waals surface area contributed by atoms with E-state index in [0.29, 0.717) is 17.6 Å². The zero-order valence-corrected chi connectivity index (χ0v) is 12.2. The average Bonchev–Trinajstić information content (AvgIpc) is 3.25. The fraction of sp³-hybridized carbons (Fsp3) is 0.643. The van der Waals surface area contributed by atoms with Crippen LogP contribution in [0.25, 0.3) is 11.0 Å². The van der Waals surface area contributed by atoms with E-state index in [2.05, 4.69) is 24.9 Å². The van der Waals surface area contributed by atoms with Crippen molar-refractivity contribution in [3.05, 3.63) is 22.4 Å². The van der Waals surface area contributed by atoms with Crippen LogP contribution >= 0.6 is 0 Å². The van der Waals surface area contributed by atoms with Gasteiger partial charge in [-0.1, -0.05) is 0 Å². The minimum atomic E-state index is -0.0975. The number of piperazine rings is 1. The smallest absolute Gasteiger partial charge is 0.262 e. The molecule has 0 aromatic carbocycles. The molecule has 0 atom stereocenters. The molecule has 1 saturated carbocycles. The van der Waals surface area contributed by atoms with E-state index in [0.717, 1.165) is 38.0 Å². The molecule has 2 aromatic heterocycles. The van der Waals surface area contributed by atoms with E-state index in [1.54, 1.807) is 10.9 Å². The summed E-state index contributed by atoms with van der Waals surface area (Å²) in [6, 6.07) is 0.843. The Morgan fingerprint density at radius 3 is 2.76 bits per heavy atom. The van der Waals surface area contributed by atoms with Gasteiger partial charge in [-0.05, 0) is 12.8 Å². The first-order chi connectivity index (χ1) is 10.2. The van der Waals surface area contributed by atoms with Crippen LogP contribution in [0.15, 0.2) is 11.0 Å². The summed E-state index contributed by atoms with van der Waals surface area (Å²) in [5.41, 5.74) is 0.560. The van der Waals surface area contributed by atoms with Crippen molar-refractivity contribution in [2.75, 3.05) is 26.2 Å². The van der Waals surface area contributed by atoms with Crippen LogP contribution in [0.1, 0.15) is 18.7 Å². The number of nitrogens with zero attached hydrogens (tertiary/aromatic N) is 5. The summed E-state index contributed by atoms with van der Waals surface area (Å²) in [6.07, 6.45) is 4.30. The van der Waals surface area contributed by atoms with Gasteiger partial charge in [-0.15, -0.1) is 0 Å². The van der Waals surface area contributed by atoms with Crippen molar-refractivity contribution in [2.24, 2.45) is 7.05 Å². The van der Waals surface area contributed by atoms with Gasteiger partial charge in [0.25, 0.3) is 5.56 Å². The van der Waals surface area contributed by atoms with Gasteiger partial charge in [0.05, 0.1) is 12.7 Å².